The van der Waals surface area contributed by atoms with Crippen LogP contribution in [0, 0.1) is 4.91 Å². The highest BCUT2D eigenvalue weighted by Crippen LogP contribution is 2.13. The van der Waals surface area contributed by atoms with Crippen molar-refractivity contribution in [1.82, 2.24) is 0 Å². The van der Waals surface area contributed by atoms with E-state index in [1.165, 1.54) is 141 Å². The van der Waals surface area contributed by atoms with Crippen LogP contribution < -0.4 is 0 Å². The molecule has 0 aliphatic heterocycles. The van der Waals surface area contributed by atoms with E-state index in [2.05, 4.69) is 13.8 Å². The highest BCUT2D eigenvalue weighted by atomic mass is 17.0. The molecular weight excluding hydrogens is 422 g/mol. The van der Waals surface area contributed by atoms with Gasteiger partial charge < -0.3 is 0 Å². The van der Waals surface area contributed by atoms with E-state index < -0.39 is 0 Å². The van der Waals surface area contributed by atoms with Crippen molar-refractivity contribution in [3.05, 3.63) is 4.91 Å². The van der Waals surface area contributed by atoms with Crippen molar-refractivity contribution in [3.8, 4) is 0 Å². The van der Waals surface area contributed by atoms with Gasteiger partial charge in [0.15, 0.2) is 13.2 Å². The summed E-state index contributed by atoms with van der Waals surface area (Å²) in [4.78, 5) is 21.8. The Labute approximate surface area is 213 Å². The molecule has 0 unspecified atom stereocenters. The molecule has 0 amide bonds. The lowest BCUT2D eigenvalue weighted by Crippen LogP contribution is -2.12. The molecule has 0 aromatic rings. The van der Waals surface area contributed by atoms with Crippen molar-refractivity contribution < 1.29 is 14.8 Å². The molecule has 0 saturated heterocycles. The Morgan fingerprint density at radius 3 is 0.794 bits per heavy atom. The predicted molar refractivity (Wildman–Crippen MR) is 147 cm³/mol. The zero-order valence-corrected chi connectivity index (χ0v) is 23.5. The maximum atomic E-state index is 11.6. The summed E-state index contributed by atoms with van der Waals surface area (Å²) in [6, 6.07) is 0. The van der Waals surface area contributed by atoms with Crippen LogP contribution in [0.4, 0.5) is 0 Å². The van der Waals surface area contributed by atoms with Crippen molar-refractivity contribution in [2.75, 3.05) is 13.2 Å². The standard InChI is InChI=1S/C30H62NO3/c1-3-5-7-9-11-13-15-17-19-21-23-25-27-29-33-31(32)34-30-28-26-24-22-20-18-16-14-12-10-8-6-4-2/h3-30H2,1-2H3/q+1. The zero-order chi connectivity index (χ0) is 24.8. The molecule has 4 heteroatoms. The lowest BCUT2D eigenvalue weighted by atomic mass is 10.0. The molecule has 0 N–H and O–H groups in total. The molecule has 4 nitrogen and oxygen atoms in total. The predicted octanol–water partition coefficient (Wildman–Crippen LogP) is 10.8. The second-order valence-corrected chi connectivity index (χ2v) is 10.4. The summed E-state index contributed by atoms with van der Waals surface area (Å²) in [6.07, 6.45) is 34.4. The fourth-order valence-corrected chi connectivity index (χ4v) is 4.56. The van der Waals surface area contributed by atoms with Gasteiger partial charge >= 0.3 is 5.09 Å². The van der Waals surface area contributed by atoms with E-state index in [9.17, 15) is 4.91 Å². The first-order valence-electron chi connectivity index (χ1n) is 15.5. The monoisotopic (exact) mass is 484 g/mol. The maximum absolute atomic E-state index is 11.6. The molecule has 0 atom stereocenters. The SMILES string of the molecule is CCCCCCCCCCCCCCCO[N+](=O)OCCCCCCCCCCCCCCC. The van der Waals surface area contributed by atoms with Gasteiger partial charge in [0.05, 0.1) is 0 Å². The third kappa shape index (κ3) is 29.2. The van der Waals surface area contributed by atoms with Gasteiger partial charge in [0, 0.05) is 0 Å². The van der Waals surface area contributed by atoms with Gasteiger partial charge in [-0.1, -0.05) is 155 Å². The van der Waals surface area contributed by atoms with E-state index in [4.69, 9.17) is 9.68 Å². The van der Waals surface area contributed by atoms with Crippen LogP contribution >= 0.6 is 0 Å². The summed E-state index contributed by atoms with van der Waals surface area (Å²) in [7, 11) is 0. The Bertz CT molecular complexity index is 355. The van der Waals surface area contributed by atoms with E-state index in [1.807, 2.05) is 0 Å². The molecule has 0 aromatic heterocycles. The Kier molecular flexibility index (Phi) is 29.5. The van der Waals surface area contributed by atoms with Gasteiger partial charge in [-0.2, -0.15) is 9.68 Å². The molecule has 0 bridgehead atoms. The van der Waals surface area contributed by atoms with E-state index >= 15 is 0 Å². The first-order valence-corrected chi connectivity index (χ1v) is 15.5. The first kappa shape index (κ1) is 33.2. The van der Waals surface area contributed by atoms with Crippen LogP contribution in [0.25, 0.3) is 0 Å². The van der Waals surface area contributed by atoms with Gasteiger partial charge in [-0.05, 0) is 25.7 Å². The second kappa shape index (κ2) is 30.2. The molecule has 0 aliphatic carbocycles. The van der Waals surface area contributed by atoms with Crippen LogP contribution in [0.1, 0.15) is 181 Å². The topological polar surface area (TPSA) is 38.5 Å². The number of nitrogens with zero attached hydrogens (tertiary/aromatic N) is 1. The van der Waals surface area contributed by atoms with Crippen LogP contribution in [-0.2, 0) is 9.68 Å². The summed E-state index contributed by atoms with van der Waals surface area (Å²) in [6.45, 7) is 5.50. The van der Waals surface area contributed by atoms with E-state index in [1.54, 1.807) is 0 Å². The van der Waals surface area contributed by atoms with Crippen molar-refractivity contribution >= 4 is 0 Å². The number of rotatable bonds is 30. The molecule has 0 heterocycles. The minimum absolute atomic E-state index is 0.334. The summed E-state index contributed by atoms with van der Waals surface area (Å²) in [5.74, 6) is 0. The maximum Gasteiger partial charge on any atom is 0.477 e. The van der Waals surface area contributed by atoms with Gasteiger partial charge in [0.1, 0.15) is 4.91 Å². The van der Waals surface area contributed by atoms with E-state index in [0.29, 0.717) is 18.3 Å². The van der Waals surface area contributed by atoms with Crippen molar-refractivity contribution in [1.29, 1.82) is 0 Å². The normalized spacial score (nSPS) is 11.1. The number of hydrogen-bond donors (Lipinski definition) is 0. The minimum Gasteiger partial charge on any atom is -0.187 e. The molecule has 0 fully saturated rings. The molecule has 0 aliphatic rings. The van der Waals surface area contributed by atoms with Gasteiger partial charge in [0.2, 0.25) is 0 Å². The summed E-state index contributed by atoms with van der Waals surface area (Å²) < 4.78 is 0. The van der Waals surface area contributed by atoms with Crippen molar-refractivity contribution in [3.63, 3.8) is 0 Å². The molecule has 0 aromatic carbocycles. The Morgan fingerprint density at radius 2 is 0.559 bits per heavy atom. The second-order valence-electron chi connectivity index (χ2n) is 10.4. The smallest absolute Gasteiger partial charge is 0.187 e. The lowest BCUT2D eigenvalue weighted by molar-refractivity contribution is -0.981. The summed E-state index contributed by atoms with van der Waals surface area (Å²) >= 11 is 0. The van der Waals surface area contributed by atoms with Gasteiger partial charge in [0.25, 0.3) is 0 Å². The third-order valence-corrected chi connectivity index (χ3v) is 6.89. The van der Waals surface area contributed by atoms with E-state index in [-0.39, 0.29) is 0 Å². The largest absolute Gasteiger partial charge is 0.477 e. The molecule has 0 rings (SSSR count). The average molecular weight is 485 g/mol. The van der Waals surface area contributed by atoms with Gasteiger partial charge in [-0.3, -0.25) is 0 Å². The summed E-state index contributed by atoms with van der Waals surface area (Å²) in [5.41, 5.74) is 0. The lowest BCUT2D eigenvalue weighted by Gasteiger charge is -2.02. The van der Waals surface area contributed by atoms with Gasteiger partial charge in [-0.15, -0.1) is 0 Å². The first-order chi connectivity index (χ1) is 16.8. The molecule has 204 valence electrons. The Hall–Kier alpha value is -0.800. The van der Waals surface area contributed by atoms with Crippen LogP contribution in [0.15, 0.2) is 0 Å². The van der Waals surface area contributed by atoms with Crippen molar-refractivity contribution in [2.24, 2.45) is 0 Å². The molecule has 0 saturated carbocycles. The minimum atomic E-state index is 0.334. The average Bonchev–Trinajstić information content (AvgIpc) is 2.84. The third-order valence-electron chi connectivity index (χ3n) is 6.89. The highest BCUT2D eigenvalue weighted by molar-refractivity contribution is 4.50. The molecule has 0 radical (unpaired) electrons. The fourth-order valence-electron chi connectivity index (χ4n) is 4.56. The number of hydrogen-bond acceptors (Lipinski definition) is 3. The van der Waals surface area contributed by atoms with Crippen molar-refractivity contribution in [2.45, 2.75) is 181 Å². The quantitative estimate of drug-likeness (QED) is 0.0751. The number of unbranched alkanes of at least 4 members (excludes halogenated alkanes) is 24. The Morgan fingerprint density at radius 1 is 0.353 bits per heavy atom. The van der Waals surface area contributed by atoms with Crippen LogP contribution in [0.5, 0.6) is 0 Å². The van der Waals surface area contributed by atoms with E-state index in [0.717, 1.165) is 25.7 Å². The van der Waals surface area contributed by atoms with Crippen LogP contribution in [0.2, 0.25) is 0 Å². The molecular formula is C30H62NO3+. The molecule has 34 heavy (non-hydrogen) atoms. The summed E-state index contributed by atoms with van der Waals surface area (Å²) in [5, 5.41) is 0.334. The highest BCUT2D eigenvalue weighted by Gasteiger charge is 2.11. The van der Waals surface area contributed by atoms with Crippen LogP contribution in [0.3, 0.4) is 0 Å². The zero-order valence-electron chi connectivity index (χ0n) is 23.5. The van der Waals surface area contributed by atoms with Crippen LogP contribution in [-0.4, -0.2) is 18.3 Å². The fraction of sp³-hybridized carbons (Fsp3) is 1.00. The van der Waals surface area contributed by atoms with Gasteiger partial charge in [-0.25, -0.2) is 0 Å². The molecule has 0 spiro atoms. The Balaban J connectivity index is 3.14.